The second-order valence-electron chi connectivity index (χ2n) is 4.59. The minimum absolute atomic E-state index is 0.0351. The highest BCUT2D eigenvalue weighted by Crippen LogP contribution is 2.38. The summed E-state index contributed by atoms with van der Waals surface area (Å²) in [6.45, 7) is 0.0534. The van der Waals surface area contributed by atoms with E-state index in [1.165, 1.54) is 6.07 Å². The molecule has 0 aliphatic heterocycles. The molecule has 118 valence electrons. The van der Waals surface area contributed by atoms with E-state index in [1.54, 1.807) is 30.3 Å². The lowest BCUT2D eigenvalue weighted by atomic mass is 10.2. The van der Waals surface area contributed by atoms with Crippen LogP contribution in [0.3, 0.4) is 0 Å². The Labute approximate surface area is 144 Å². The van der Waals surface area contributed by atoms with Crippen LogP contribution in [0.2, 0.25) is 5.02 Å². The summed E-state index contributed by atoms with van der Waals surface area (Å²) in [6.07, 6.45) is 0. The van der Waals surface area contributed by atoms with Crippen molar-refractivity contribution in [2.75, 3.05) is 5.73 Å². The molecule has 0 unspecified atom stereocenters. The van der Waals surface area contributed by atoms with Gasteiger partial charge in [-0.3, -0.25) is 0 Å². The molecule has 0 bridgehead atoms. The Morgan fingerprint density at radius 1 is 1.26 bits per heavy atom. The molecule has 0 radical (unpaired) electrons. The third-order valence-corrected chi connectivity index (χ3v) is 3.89. The van der Waals surface area contributed by atoms with E-state index in [-0.39, 0.29) is 24.3 Å². The van der Waals surface area contributed by atoms with E-state index in [0.29, 0.717) is 26.4 Å². The Kier molecular flexibility index (Phi) is 4.49. The van der Waals surface area contributed by atoms with Gasteiger partial charge in [-0.25, -0.2) is 4.39 Å². The molecule has 1 aromatic heterocycles. The maximum absolute atomic E-state index is 13.6. The van der Waals surface area contributed by atoms with Crippen molar-refractivity contribution in [3.63, 3.8) is 0 Å². The summed E-state index contributed by atoms with van der Waals surface area (Å²) in [7, 11) is 0. The predicted molar refractivity (Wildman–Crippen MR) is 87.6 cm³/mol. The van der Waals surface area contributed by atoms with Crippen LogP contribution in [0.1, 0.15) is 5.56 Å². The lowest BCUT2D eigenvalue weighted by Crippen LogP contribution is -1.99. The molecule has 2 aromatic carbocycles. The zero-order valence-electron chi connectivity index (χ0n) is 11.6. The standard InChI is InChI=1S/C15H10BrClFN3O2/c16-10-5-9(14-20-21-15(19)23-14)6-11(17)13(10)22-7-8-3-1-2-4-12(8)18/h1-6H,7H2,(H2,19,21). The molecular weight excluding hydrogens is 389 g/mol. The summed E-state index contributed by atoms with van der Waals surface area (Å²) in [4.78, 5) is 0. The number of nitrogens with zero attached hydrogens (tertiary/aromatic N) is 2. The largest absolute Gasteiger partial charge is 0.486 e. The van der Waals surface area contributed by atoms with Gasteiger partial charge in [0.25, 0.3) is 0 Å². The van der Waals surface area contributed by atoms with Crippen LogP contribution >= 0.6 is 27.5 Å². The molecule has 8 heteroatoms. The average molecular weight is 399 g/mol. The van der Waals surface area contributed by atoms with Gasteiger partial charge in [-0.15, -0.1) is 5.10 Å². The molecule has 0 fully saturated rings. The maximum Gasteiger partial charge on any atom is 0.313 e. The van der Waals surface area contributed by atoms with Crippen LogP contribution < -0.4 is 10.5 Å². The number of nitrogens with two attached hydrogens (primary N) is 1. The zero-order chi connectivity index (χ0) is 16.4. The van der Waals surface area contributed by atoms with Gasteiger partial charge in [-0.05, 0) is 34.1 Å². The summed E-state index contributed by atoms with van der Waals surface area (Å²) in [5.41, 5.74) is 6.42. The molecule has 0 aliphatic rings. The van der Waals surface area contributed by atoms with Gasteiger partial charge in [0.05, 0.1) is 9.50 Å². The zero-order valence-corrected chi connectivity index (χ0v) is 13.9. The highest BCUT2D eigenvalue weighted by atomic mass is 79.9. The monoisotopic (exact) mass is 397 g/mol. The fourth-order valence-electron chi connectivity index (χ4n) is 1.94. The molecule has 3 aromatic rings. The summed E-state index contributed by atoms with van der Waals surface area (Å²) in [5.74, 6) is 0.301. The van der Waals surface area contributed by atoms with Crippen molar-refractivity contribution in [2.24, 2.45) is 0 Å². The molecule has 0 aliphatic carbocycles. The van der Waals surface area contributed by atoms with Gasteiger partial charge in [0.15, 0.2) is 5.75 Å². The first-order chi connectivity index (χ1) is 11.0. The SMILES string of the molecule is Nc1nnc(-c2cc(Cl)c(OCc3ccccc3F)c(Br)c2)o1. The topological polar surface area (TPSA) is 74.2 Å². The minimum atomic E-state index is -0.335. The Hall–Kier alpha value is -2.12. The van der Waals surface area contributed by atoms with Crippen LogP contribution in [0.25, 0.3) is 11.5 Å². The van der Waals surface area contributed by atoms with Crippen molar-refractivity contribution in [3.8, 4) is 17.2 Å². The number of rotatable bonds is 4. The van der Waals surface area contributed by atoms with Crippen molar-refractivity contribution in [1.82, 2.24) is 10.2 Å². The smallest absolute Gasteiger partial charge is 0.313 e. The van der Waals surface area contributed by atoms with Gasteiger partial charge in [0.2, 0.25) is 5.89 Å². The normalized spacial score (nSPS) is 10.7. The summed E-state index contributed by atoms with van der Waals surface area (Å²) >= 11 is 9.60. The summed E-state index contributed by atoms with van der Waals surface area (Å²) in [6, 6.07) is 9.65. The van der Waals surface area contributed by atoms with Gasteiger partial charge < -0.3 is 14.9 Å². The van der Waals surface area contributed by atoms with Gasteiger partial charge in [-0.1, -0.05) is 34.9 Å². The number of hydrogen-bond acceptors (Lipinski definition) is 5. The Morgan fingerprint density at radius 3 is 2.70 bits per heavy atom. The Bertz CT molecular complexity index is 833. The molecule has 3 rings (SSSR count). The summed E-state index contributed by atoms with van der Waals surface area (Å²) in [5, 5.41) is 7.70. The van der Waals surface area contributed by atoms with Crippen LogP contribution in [0.15, 0.2) is 45.3 Å². The maximum atomic E-state index is 13.6. The van der Waals surface area contributed by atoms with E-state index in [1.807, 2.05) is 0 Å². The number of ether oxygens (including phenoxy) is 1. The Balaban J connectivity index is 1.85. The first kappa shape index (κ1) is 15.8. The third-order valence-electron chi connectivity index (χ3n) is 3.02. The molecule has 0 saturated heterocycles. The highest BCUT2D eigenvalue weighted by Gasteiger charge is 2.15. The molecule has 1 heterocycles. The van der Waals surface area contributed by atoms with Crippen LogP contribution in [0.5, 0.6) is 5.75 Å². The molecular formula is C15H10BrClFN3O2. The number of hydrogen-bond donors (Lipinski definition) is 1. The predicted octanol–water partition coefficient (Wildman–Crippen LogP) is 4.45. The van der Waals surface area contributed by atoms with Gasteiger partial charge in [-0.2, -0.15) is 0 Å². The van der Waals surface area contributed by atoms with Crippen molar-refractivity contribution in [1.29, 1.82) is 0 Å². The number of nitrogen functional groups attached to an aromatic ring is 1. The van der Waals surface area contributed by atoms with Gasteiger partial charge >= 0.3 is 6.01 Å². The average Bonchev–Trinajstić information content (AvgIpc) is 2.94. The van der Waals surface area contributed by atoms with Crippen LogP contribution in [-0.2, 0) is 6.61 Å². The first-order valence-corrected chi connectivity index (χ1v) is 7.66. The molecule has 0 atom stereocenters. The van der Waals surface area contributed by atoms with Crippen LogP contribution in [0.4, 0.5) is 10.4 Å². The molecule has 23 heavy (non-hydrogen) atoms. The van der Waals surface area contributed by atoms with E-state index in [2.05, 4.69) is 26.1 Å². The van der Waals surface area contributed by atoms with E-state index < -0.39 is 0 Å². The fourth-order valence-corrected chi connectivity index (χ4v) is 2.90. The first-order valence-electron chi connectivity index (χ1n) is 6.49. The second-order valence-corrected chi connectivity index (χ2v) is 5.86. The van der Waals surface area contributed by atoms with Gasteiger partial charge in [0.1, 0.15) is 12.4 Å². The number of aromatic nitrogens is 2. The molecule has 5 nitrogen and oxygen atoms in total. The van der Waals surface area contributed by atoms with Crippen molar-refractivity contribution < 1.29 is 13.5 Å². The van der Waals surface area contributed by atoms with Gasteiger partial charge in [0, 0.05) is 11.1 Å². The fraction of sp³-hybridized carbons (Fsp3) is 0.0667. The lowest BCUT2D eigenvalue weighted by molar-refractivity contribution is 0.298. The van der Waals surface area contributed by atoms with E-state index >= 15 is 0 Å². The van der Waals surface area contributed by atoms with Crippen molar-refractivity contribution >= 4 is 33.5 Å². The van der Waals surface area contributed by atoms with E-state index in [0.717, 1.165) is 0 Å². The Morgan fingerprint density at radius 2 is 2.04 bits per heavy atom. The number of anilines is 1. The van der Waals surface area contributed by atoms with Crippen LogP contribution in [0, 0.1) is 5.82 Å². The van der Waals surface area contributed by atoms with E-state index in [4.69, 9.17) is 26.5 Å². The number of halogens is 3. The third kappa shape index (κ3) is 3.46. The van der Waals surface area contributed by atoms with Crippen molar-refractivity contribution in [2.45, 2.75) is 6.61 Å². The molecule has 2 N–H and O–H groups in total. The molecule has 0 saturated carbocycles. The highest BCUT2D eigenvalue weighted by molar-refractivity contribution is 9.10. The van der Waals surface area contributed by atoms with Crippen molar-refractivity contribution in [3.05, 3.63) is 57.3 Å². The summed E-state index contributed by atoms with van der Waals surface area (Å²) < 4.78 is 25.0. The second kappa shape index (κ2) is 6.55. The molecule has 0 amide bonds. The molecule has 0 spiro atoms. The number of benzene rings is 2. The quantitative estimate of drug-likeness (QED) is 0.702. The lowest BCUT2D eigenvalue weighted by Gasteiger charge is -2.11. The minimum Gasteiger partial charge on any atom is -0.486 e. The van der Waals surface area contributed by atoms with E-state index in [9.17, 15) is 4.39 Å². The van der Waals surface area contributed by atoms with Crippen LogP contribution in [-0.4, -0.2) is 10.2 Å².